The predicted molar refractivity (Wildman–Crippen MR) is 102 cm³/mol. The average molecular weight is 347 g/mol. The Kier molecular flexibility index (Phi) is 5.17. The topological polar surface area (TPSA) is 77.2 Å². The van der Waals surface area contributed by atoms with Gasteiger partial charge in [-0.05, 0) is 60.9 Å². The standard InChI is InChI=1S/C21H21N3O2/c1-14-5-6-15(2)19(12-14)26-17-9-7-16(8-10-17)13-24-21(25)18-4-3-11-23-20(18)22/h3-12H,13H2,1-2H3,(H2,22,23)(H,24,25). The molecule has 0 fully saturated rings. The number of pyridine rings is 1. The number of carbonyl (C=O) groups is 1. The molecule has 0 aliphatic heterocycles. The van der Waals surface area contributed by atoms with Crippen molar-refractivity contribution in [1.82, 2.24) is 10.3 Å². The fourth-order valence-corrected chi connectivity index (χ4v) is 2.51. The van der Waals surface area contributed by atoms with Crippen LogP contribution in [-0.2, 0) is 6.54 Å². The molecule has 5 nitrogen and oxygen atoms in total. The van der Waals surface area contributed by atoms with E-state index >= 15 is 0 Å². The van der Waals surface area contributed by atoms with Gasteiger partial charge in [-0.25, -0.2) is 4.98 Å². The third-order valence-corrected chi connectivity index (χ3v) is 4.03. The first kappa shape index (κ1) is 17.5. The number of anilines is 1. The van der Waals surface area contributed by atoms with Crippen molar-refractivity contribution in [2.24, 2.45) is 0 Å². The van der Waals surface area contributed by atoms with Gasteiger partial charge in [-0.2, -0.15) is 0 Å². The zero-order valence-electron chi connectivity index (χ0n) is 14.8. The normalized spacial score (nSPS) is 10.4. The highest BCUT2D eigenvalue weighted by atomic mass is 16.5. The van der Waals surface area contributed by atoms with Gasteiger partial charge in [0.05, 0.1) is 5.56 Å². The van der Waals surface area contributed by atoms with Crippen LogP contribution in [0.2, 0.25) is 0 Å². The van der Waals surface area contributed by atoms with Crippen molar-refractivity contribution in [2.45, 2.75) is 20.4 Å². The van der Waals surface area contributed by atoms with Crippen LogP contribution >= 0.6 is 0 Å². The molecule has 0 saturated heterocycles. The highest BCUT2D eigenvalue weighted by molar-refractivity contribution is 5.98. The molecule has 0 aliphatic carbocycles. The van der Waals surface area contributed by atoms with Gasteiger partial charge >= 0.3 is 0 Å². The van der Waals surface area contributed by atoms with Crippen molar-refractivity contribution in [3.63, 3.8) is 0 Å². The number of rotatable bonds is 5. The van der Waals surface area contributed by atoms with Gasteiger partial charge in [0, 0.05) is 12.7 Å². The fraction of sp³-hybridized carbons (Fsp3) is 0.143. The van der Waals surface area contributed by atoms with Crippen LogP contribution in [0.1, 0.15) is 27.0 Å². The summed E-state index contributed by atoms with van der Waals surface area (Å²) >= 11 is 0. The maximum absolute atomic E-state index is 12.2. The van der Waals surface area contributed by atoms with Gasteiger partial charge in [0.2, 0.25) is 0 Å². The van der Waals surface area contributed by atoms with E-state index in [1.54, 1.807) is 18.3 Å². The zero-order chi connectivity index (χ0) is 18.5. The summed E-state index contributed by atoms with van der Waals surface area (Å²) in [5.41, 5.74) is 9.30. The van der Waals surface area contributed by atoms with Crippen molar-refractivity contribution >= 4 is 11.7 Å². The van der Waals surface area contributed by atoms with E-state index in [-0.39, 0.29) is 11.7 Å². The van der Waals surface area contributed by atoms with Gasteiger partial charge in [0.1, 0.15) is 17.3 Å². The number of carbonyl (C=O) groups excluding carboxylic acids is 1. The average Bonchev–Trinajstić information content (AvgIpc) is 2.64. The highest BCUT2D eigenvalue weighted by Crippen LogP contribution is 2.26. The van der Waals surface area contributed by atoms with Crippen molar-refractivity contribution in [3.05, 3.63) is 83.0 Å². The largest absolute Gasteiger partial charge is 0.457 e. The lowest BCUT2D eigenvalue weighted by Crippen LogP contribution is -2.24. The van der Waals surface area contributed by atoms with Crippen LogP contribution in [0.5, 0.6) is 11.5 Å². The van der Waals surface area contributed by atoms with E-state index in [4.69, 9.17) is 10.5 Å². The first-order valence-corrected chi connectivity index (χ1v) is 8.35. The molecule has 0 spiro atoms. The highest BCUT2D eigenvalue weighted by Gasteiger charge is 2.09. The summed E-state index contributed by atoms with van der Waals surface area (Å²) in [7, 11) is 0. The van der Waals surface area contributed by atoms with Crippen LogP contribution in [0.15, 0.2) is 60.8 Å². The van der Waals surface area contributed by atoms with Gasteiger partial charge in [-0.1, -0.05) is 24.3 Å². The molecule has 3 N–H and O–H groups in total. The third kappa shape index (κ3) is 4.19. The predicted octanol–water partition coefficient (Wildman–Crippen LogP) is 4.00. The number of ether oxygens (including phenoxy) is 1. The minimum Gasteiger partial charge on any atom is -0.457 e. The van der Waals surface area contributed by atoms with E-state index in [2.05, 4.69) is 16.4 Å². The maximum Gasteiger partial charge on any atom is 0.255 e. The van der Waals surface area contributed by atoms with Crippen LogP contribution in [0.3, 0.4) is 0 Å². The lowest BCUT2D eigenvalue weighted by Gasteiger charge is -2.11. The molecule has 3 rings (SSSR count). The number of nitrogens with two attached hydrogens (primary N) is 1. The minimum absolute atomic E-state index is 0.224. The van der Waals surface area contributed by atoms with E-state index in [0.717, 1.165) is 28.2 Å². The van der Waals surface area contributed by atoms with Crippen molar-refractivity contribution in [1.29, 1.82) is 0 Å². The second-order valence-electron chi connectivity index (χ2n) is 6.13. The number of benzene rings is 2. The summed E-state index contributed by atoms with van der Waals surface area (Å²) in [6, 6.07) is 17.1. The molecule has 0 radical (unpaired) electrons. The van der Waals surface area contributed by atoms with Crippen LogP contribution in [-0.4, -0.2) is 10.9 Å². The van der Waals surface area contributed by atoms with Gasteiger partial charge in [-0.15, -0.1) is 0 Å². The Balaban J connectivity index is 1.62. The van der Waals surface area contributed by atoms with Crippen LogP contribution in [0, 0.1) is 13.8 Å². The van der Waals surface area contributed by atoms with Crippen molar-refractivity contribution in [2.75, 3.05) is 5.73 Å². The summed E-state index contributed by atoms with van der Waals surface area (Å²) < 4.78 is 5.94. The number of hydrogen-bond acceptors (Lipinski definition) is 4. The number of amides is 1. The Morgan fingerprint density at radius 3 is 2.62 bits per heavy atom. The number of aromatic nitrogens is 1. The second kappa shape index (κ2) is 7.70. The number of aryl methyl sites for hydroxylation is 2. The lowest BCUT2D eigenvalue weighted by molar-refractivity contribution is 0.0951. The van der Waals surface area contributed by atoms with Crippen LogP contribution in [0.4, 0.5) is 5.82 Å². The Bertz CT molecular complexity index is 921. The number of nitrogens with zero attached hydrogens (tertiary/aromatic N) is 1. The third-order valence-electron chi connectivity index (χ3n) is 4.03. The van der Waals surface area contributed by atoms with Gasteiger partial charge < -0.3 is 15.8 Å². The molecule has 132 valence electrons. The zero-order valence-corrected chi connectivity index (χ0v) is 14.8. The molecule has 0 unspecified atom stereocenters. The smallest absolute Gasteiger partial charge is 0.255 e. The van der Waals surface area contributed by atoms with E-state index < -0.39 is 0 Å². The fourth-order valence-electron chi connectivity index (χ4n) is 2.51. The van der Waals surface area contributed by atoms with Gasteiger partial charge in [0.15, 0.2) is 0 Å². The summed E-state index contributed by atoms with van der Waals surface area (Å²) in [6.45, 7) is 4.45. The van der Waals surface area contributed by atoms with Crippen molar-refractivity contribution in [3.8, 4) is 11.5 Å². The van der Waals surface area contributed by atoms with Crippen LogP contribution in [0.25, 0.3) is 0 Å². The Hall–Kier alpha value is -3.34. The van der Waals surface area contributed by atoms with E-state index in [1.807, 2.05) is 50.2 Å². The van der Waals surface area contributed by atoms with Gasteiger partial charge in [0.25, 0.3) is 5.91 Å². The maximum atomic E-state index is 12.2. The van der Waals surface area contributed by atoms with Crippen LogP contribution < -0.4 is 15.8 Å². The Morgan fingerprint density at radius 1 is 1.12 bits per heavy atom. The minimum atomic E-state index is -0.244. The molecule has 0 atom stereocenters. The molecule has 2 aromatic carbocycles. The van der Waals surface area contributed by atoms with Gasteiger partial charge in [-0.3, -0.25) is 4.79 Å². The van der Waals surface area contributed by atoms with E-state index in [0.29, 0.717) is 12.1 Å². The SMILES string of the molecule is Cc1ccc(C)c(Oc2ccc(CNC(=O)c3cccnc3N)cc2)c1. The summed E-state index contributed by atoms with van der Waals surface area (Å²) in [5, 5.41) is 2.84. The molecule has 5 heteroatoms. The summed E-state index contributed by atoms with van der Waals surface area (Å²) in [6.07, 6.45) is 1.56. The molecular formula is C21H21N3O2. The number of hydrogen-bond donors (Lipinski definition) is 2. The lowest BCUT2D eigenvalue weighted by atomic mass is 10.1. The van der Waals surface area contributed by atoms with E-state index in [1.165, 1.54) is 0 Å². The monoisotopic (exact) mass is 347 g/mol. The first-order chi connectivity index (χ1) is 12.5. The first-order valence-electron chi connectivity index (χ1n) is 8.35. The summed E-state index contributed by atoms with van der Waals surface area (Å²) in [4.78, 5) is 16.1. The number of nitrogen functional groups attached to an aromatic ring is 1. The van der Waals surface area contributed by atoms with E-state index in [9.17, 15) is 4.79 Å². The quantitative estimate of drug-likeness (QED) is 0.731. The second-order valence-corrected chi connectivity index (χ2v) is 6.13. The summed E-state index contributed by atoms with van der Waals surface area (Å²) in [5.74, 6) is 1.58. The molecule has 1 aromatic heterocycles. The van der Waals surface area contributed by atoms with Crippen molar-refractivity contribution < 1.29 is 9.53 Å². The Labute approximate surface area is 152 Å². The molecule has 1 heterocycles. The molecule has 0 aliphatic rings. The molecule has 26 heavy (non-hydrogen) atoms. The molecular weight excluding hydrogens is 326 g/mol. The Morgan fingerprint density at radius 2 is 1.88 bits per heavy atom. The molecule has 1 amide bonds. The number of nitrogens with one attached hydrogen (secondary N) is 1. The molecule has 0 bridgehead atoms. The molecule has 0 saturated carbocycles. The molecule has 3 aromatic rings.